The highest BCUT2D eigenvalue weighted by atomic mass is 32.2. The molecular weight excluding hydrogens is 253 g/mol. The molecule has 0 spiro atoms. The van der Waals surface area contributed by atoms with Gasteiger partial charge in [-0.05, 0) is 39.3 Å². The Morgan fingerprint density at radius 3 is 2.89 bits per heavy atom. The van der Waals surface area contributed by atoms with E-state index in [0.717, 1.165) is 18.5 Å². The minimum absolute atomic E-state index is 0.146. The van der Waals surface area contributed by atoms with E-state index in [1.54, 1.807) is 11.8 Å². The average molecular weight is 275 g/mol. The second-order valence-electron chi connectivity index (χ2n) is 5.34. The first-order valence-electron chi connectivity index (χ1n) is 6.25. The molecule has 0 aliphatic carbocycles. The van der Waals surface area contributed by atoms with Crippen molar-refractivity contribution in [1.29, 1.82) is 0 Å². The Bertz CT molecular complexity index is 290. The molecule has 2 atom stereocenters. The van der Waals surface area contributed by atoms with Crippen molar-refractivity contribution in [3.63, 3.8) is 0 Å². The van der Waals surface area contributed by atoms with Crippen molar-refractivity contribution in [2.24, 2.45) is 0 Å². The fraction of sp³-hybridized carbons (Fsp3) is 0.909. The summed E-state index contributed by atoms with van der Waals surface area (Å²) in [4.78, 5) is 10.5. The van der Waals surface area contributed by atoms with Gasteiger partial charge >= 0.3 is 7.12 Å². The van der Waals surface area contributed by atoms with Gasteiger partial charge in [0.25, 0.3) is 0 Å². The normalized spacial score (nSPS) is 24.9. The molecule has 1 fully saturated rings. The average Bonchev–Trinajstić information content (AvgIpc) is 2.21. The highest BCUT2D eigenvalue weighted by Crippen LogP contribution is 2.27. The van der Waals surface area contributed by atoms with Crippen molar-refractivity contribution < 1.29 is 24.9 Å². The van der Waals surface area contributed by atoms with E-state index in [9.17, 15) is 9.90 Å². The molecule has 0 aromatic rings. The van der Waals surface area contributed by atoms with Gasteiger partial charge in [0.05, 0.1) is 17.3 Å². The Labute approximate surface area is 113 Å². The van der Waals surface area contributed by atoms with Crippen LogP contribution >= 0.6 is 11.8 Å². The highest BCUT2D eigenvalue weighted by molar-refractivity contribution is 7.99. The lowest BCUT2D eigenvalue weighted by molar-refractivity contribution is -0.431. The number of hydrogen-bond donors (Lipinski definition) is 1. The maximum atomic E-state index is 10.5. The second-order valence-corrected chi connectivity index (χ2v) is 6.49. The topological polar surface area (TPSA) is 86.2 Å². The van der Waals surface area contributed by atoms with Crippen LogP contribution in [0.3, 0.4) is 0 Å². The molecular formula is C11H22BNO4S. The van der Waals surface area contributed by atoms with E-state index >= 15 is 0 Å². The molecule has 3 N–H and O–H groups in total. The molecule has 1 heterocycles. The van der Waals surface area contributed by atoms with Crippen molar-refractivity contribution in [2.75, 3.05) is 11.5 Å². The van der Waals surface area contributed by atoms with Crippen molar-refractivity contribution >= 4 is 24.8 Å². The maximum Gasteiger partial charge on any atom is 0.458 e. The summed E-state index contributed by atoms with van der Waals surface area (Å²) < 4.78 is 11.5. The summed E-state index contributed by atoms with van der Waals surface area (Å²) in [6.07, 6.45) is 1.85. The predicted molar refractivity (Wildman–Crippen MR) is 69.9 cm³/mol. The summed E-state index contributed by atoms with van der Waals surface area (Å²) in [5.74, 6) is 0.170. The van der Waals surface area contributed by atoms with Crippen LogP contribution in [0, 0.1) is 0 Å². The first-order valence-corrected chi connectivity index (χ1v) is 7.40. The monoisotopic (exact) mass is 275 g/mol. The van der Waals surface area contributed by atoms with Gasteiger partial charge in [0, 0.05) is 6.10 Å². The Morgan fingerprint density at radius 2 is 2.33 bits per heavy atom. The zero-order valence-corrected chi connectivity index (χ0v) is 12.1. The molecule has 1 aliphatic rings. The lowest BCUT2D eigenvalue weighted by atomic mass is 9.80. The molecule has 0 aromatic carbocycles. The van der Waals surface area contributed by atoms with Crippen LogP contribution in [0.25, 0.3) is 0 Å². The zero-order valence-electron chi connectivity index (χ0n) is 11.3. The fourth-order valence-corrected chi connectivity index (χ4v) is 2.98. The molecule has 18 heavy (non-hydrogen) atoms. The Morgan fingerprint density at radius 1 is 1.67 bits per heavy atom. The Hall–Kier alpha value is -0.235. The van der Waals surface area contributed by atoms with E-state index in [2.05, 4.69) is 19.6 Å². The van der Waals surface area contributed by atoms with Gasteiger partial charge in [-0.1, -0.05) is 0 Å². The van der Waals surface area contributed by atoms with E-state index in [4.69, 9.17) is 9.31 Å². The van der Waals surface area contributed by atoms with Crippen LogP contribution in [0.5, 0.6) is 0 Å². The van der Waals surface area contributed by atoms with Crippen LogP contribution in [0.4, 0.5) is 0 Å². The Kier molecular flexibility index (Phi) is 5.97. The van der Waals surface area contributed by atoms with Crippen molar-refractivity contribution in [1.82, 2.24) is 0 Å². The summed E-state index contributed by atoms with van der Waals surface area (Å²) >= 11 is 1.54. The smallest absolute Gasteiger partial charge is 0.458 e. The molecule has 1 rings (SSSR count). The van der Waals surface area contributed by atoms with Gasteiger partial charge < -0.3 is 24.9 Å². The van der Waals surface area contributed by atoms with Gasteiger partial charge in [0.15, 0.2) is 0 Å². The number of carbonyl (C=O) groups is 1. The van der Waals surface area contributed by atoms with E-state index < -0.39 is 12.0 Å². The third-order valence-electron chi connectivity index (χ3n) is 2.76. The lowest BCUT2D eigenvalue weighted by Crippen LogP contribution is -2.69. The molecule has 0 amide bonds. The first kappa shape index (κ1) is 15.8. The molecule has 2 unspecified atom stereocenters. The van der Waals surface area contributed by atoms with E-state index in [0.29, 0.717) is 5.75 Å². The quantitative estimate of drug-likeness (QED) is 0.505. The lowest BCUT2D eigenvalue weighted by Gasteiger charge is -2.38. The molecule has 5 nitrogen and oxygen atoms in total. The highest BCUT2D eigenvalue weighted by Gasteiger charge is 2.36. The summed E-state index contributed by atoms with van der Waals surface area (Å²) in [6, 6.07) is -0.654. The molecule has 0 bridgehead atoms. The van der Waals surface area contributed by atoms with Gasteiger partial charge in [0.1, 0.15) is 6.04 Å². The number of carbonyl (C=O) groups excluding carboxylic acids is 1. The number of aliphatic carboxylic acids is 1. The predicted octanol–water partition coefficient (Wildman–Crippen LogP) is -0.828. The van der Waals surface area contributed by atoms with Gasteiger partial charge in [-0.25, -0.2) is 0 Å². The zero-order chi connectivity index (χ0) is 13.8. The third kappa shape index (κ3) is 5.60. The Balaban J connectivity index is 2.21. The minimum atomic E-state index is -1.09. The SMILES string of the molecule is CC1CC(C)(C)OB(CCSCC([NH3+])C(=O)[O-])O1. The van der Waals surface area contributed by atoms with Crippen LogP contribution in [0.1, 0.15) is 27.2 Å². The van der Waals surface area contributed by atoms with Gasteiger partial charge in [-0.2, -0.15) is 11.8 Å². The summed E-state index contributed by atoms with van der Waals surface area (Å²) in [5, 5.41) is 10.5. The number of carboxylic acids is 1. The summed E-state index contributed by atoms with van der Waals surface area (Å²) in [5.41, 5.74) is 3.37. The van der Waals surface area contributed by atoms with Crippen molar-refractivity contribution in [3.05, 3.63) is 0 Å². The number of rotatable bonds is 6. The number of hydrogen-bond acceptors (Lipinski definition) is 5. The van der Waals surface area contributed by atoms with Crippen molar-refractivity contribution in [3.8, 4) is 0 Å². The van der Waals surface area contributed by atoms with E-state index in [1.807, 2.05) is 6.92 Å². The third-order valence-corrected chi connectivity index (χ3v) is 3.93. The van der Waals surface area contributed by atoms with E-state index in [1.165, 1.54) is 0 Å². The molecule has 7 heteroatoms. The summed E-state index contributed by atoms with van der Waals surface area (Å²) in [7, 11) is -0.192. The molecule has 0 radical (unpaired) electrons. The first-order chi connectivity index (χ1) is 8.30. The van der Waals surface area contributed by atoms with Gasteiger partial charge in [0.2, 0.25) is 0 Å². The number of thioether (sulfide) groups is 1. The minimum Gasteiger partial charge on any atom is -0.544 e. The molecule has 1 saturated heterocycles. The second kappa shape index (κ2) is 6.79. The molecule has 0 aromatic heterocycles. The van der Waals surface area contributed by atoms with Crippen LogP contribution in [-0.2, 0) is 14.1 Å². The number of carboxylic acid groups (broad SMARTS) is 1. The number of quaternary nitrogens is 1. The van der Waals surface area contributed by atoms with Crippen molar-refractivity contribution in [2.45, 2.75) is 51.3 Å². The largest absolute Gasteiger partial charge is 0.544 e. The van der Waals surface area contributed by atoms with Crippen LogP contribution in [-0.4, -0.2) is 42.3 Å². The molecule has 0 saturated carbocycles. The maximum absolute atomic E-state index is 10.5. The van der Waals surface area contributed by atoms with Gasteiger partial charge in [-0.3, -0.25) is 0 Å². The molecule has 104 valence electrons. The fourth-order valence-electron chi connectivity index (χ4n) is 2.03. The standard InChI is InChI=1S/C11H22BNO4S/c1-8-6-11(2,3)17-12(16-8)4-5-18-7-9(13)10(14)15/h8-9H,4-7,13H2,1-3H3,(H,14,15). The van der Waals surface area contributed by atoms with E-state index in [-0.39, 0.29) is 18.8 Å². The van der Waals surface area contributed by atoms with Gasteiger partial charge in [-0.15, -0.1) is 0 Å². The van der Waals surface area contributed by atoms with Crippen LogP contribution in [0.15, 0.2) is 0 Å². The molecule has 1 aliphatic heterocycles. The van der Waals surface area contributed by atoms with Crippen LogP contribution < -0.4 is 10.8 Å². The van der Waals surface area contributed by atoms with Crippen LogP contribution in [0.2, 0.25) is 6.32 Å². The summed E-state index contributed by atoms with van der Waals surface area (Å²) in [6.45, 7) is 6.18.